The molecule has 0 aliphatic rings. The van der Waals surface area contributed by atoms with Gasteiger partial charge in [-0.2, -0.15) is 18.2 Å². The van der Waals surface area contributed by atoms with Crippen molar-refractivity contribution in [3.63, 3.8) is 0 Å². The summed E-state index contributed by atoms with van der Waals surface area (Å²) >= 11 is 0. The lowest BCUT2D eigenvalue weighted by molar-refractivity contribution is -0.137. The van der Waals surface area contributed by atoms with Gasteiger partial charge in [-0.15, -0.1) is 0 Å². The van der Waals surface area contributed by atoms with Crippen LogP contribution in [-0.4, -0.2) is 36.3 Å². The molecule has 32 heavy (non-hydrogen) atoms. The van der Waals surface area contributed by atoms with Crippen LogP contribution in [0.4, 0.5) is 13.2 Å². The van der Waals surface area contributed by atoms with Crippen LogP contribution in [0.2, 0.25) is 0 Å². The Balaban J connectivity index is 1.99. The Kier molecular flexibility index (Phi) is 5.24. The fraction of sp³-hybridized carbons (Fsp3) is 0.381. The molecule has 3 aromatic heterocycles. The Labute approximate surface area is 180 Å². The average molecular weight is 449 g/mol. The van der Waals surface area contributed by atoms with Gasteiger partial charge in [-0.1, -0.05) is 0 Å². The molecule has 170 valence electrons. The monoisotopic (exact) mass is 449 g/mol. The largest absolute Gasteiger partial charge is 0.416 e. The SMILES string of the molecule is CCOCCn1c(=O)c2c(nc3n(-c4ccc(C(F)(F)F)cc4)c(C)c(C)n23)n(C)c1=O. The molecule has 4 aromatic rings. The summed E-state index contributed by atoms with van der Waals surface area (Å²) in [5, 5.41) is 0. The Hall–Kier alpha value is -3.34. The van der Waals surface area contributed by atoms with Crippen LogP contribution in [0.25, 0.3) is 22.6 Å². The molecule has 0 fully saturated rings. The zero-order valence-electron chi connectivity index (χ0n) is 18.0. The highest BCUT2D eigenvalue weighted by atomic mass is 19.4. The summed E-state index contributed by atoms with van der Waals surface area (Å²) in [6.07, 6.45) is -4.44. The number of benzene rings is 1. The van der Waals surface area contributed by atoms with E-state index in [1.165, 1.54) is 23.7 Å². The summed E-state index contributed by atoms with van der Waals surface area (Å²) in [5.41, 5.74) is 0.521. The number of ether oxygens (including phenoxy) is 1. The second-order valence-corrected chi connectivity index (χ2v) is 7.47. The number of hydrogen-bond donors (Lipinski definition) is 0. The van der Waals surface area contributed by atoms with E-state index in [0.29, 0.717) is 29.5 Å². The van der Waals surface area contributed by atoms with E-state index < -0.39 is 23.0 Å². The maximum absolute atomic E-state index is 13.2. The van der Waals surface area contributed by atoms with Gasteiger partial charge in [0.2, 0.25) is 5.78 Å². The highest BCUT2D eigenvalue weighted by molar-refractivity contribution is 5.77. The highest BCUT2D eigenvalue weighted by Crippen LogP contribution is 2.31. The lowest BCUT2D eigenvalue weighted by atomic mass is 10.2. The molecular formula is C21H22F3N5O3. The van der Waals surface area contributed by atoms with Gasteiger partial charge in [0.15, 0.2) is 11.2 Å². The molecule has 0 amide bonds. The molecule has 0 saturated heterocycles. The van der Waals surface area contributed by atoms with Crippen molar-refractivity contribution in [2.75, 3.05) is 13.2 Å². The van der Waals surface area contributed by atoms with Crippen LogP contribution in [0.1, 0.15) is 23.9 Å². The van der Waals surface area contributed by atoms with Crippen molar-refractivity contribution in [1.82, 2.24) is 23.1 Å². The normalized spacial score (nSPS) is 12.3. The van der Waals surface area contributed by atoms with Gasteiger partial charge in [0, 0.05) is 30.7 Å². The van der Waals surface area contributed by atoms with E-state index in [1.807, 2.05) is 6.92 Å². The summed E-state index contributed by atoms with van der Waals surface area (Å²) in [6, 6.07) is 4.71. The summed E-state index contributed by atoms with van der Waals surface area (Å²) in [7, 11) is 1.53. The highest BCUT2D eigenvalue weighted by Gasteiger charge is 2.30. The van der Waals surface area contributed by atoms with E-state index in [9.17, 15) is 22.8 Å². The molecule has 0 saturated carbocycles. The van der Waals surface area contributed by atoms with Crippen molar-refractivity contribution in [1.29, 1.82) is 0 Å². The molecule has 0 spiro atoms. The van der Waals surface area contributed by atoms with Crippen molar-refractivity contribution in [2.45, 2.75) is 33.5 Å². The minimum atomic E-state index is -4.44. The Morgan fingerprint density at radius 2 is 1.72 bits per heavy atom. The van der Waals surface area contributed by atoms with Crippen LogP contribution in [0, 0.1) is 13.8 Å². The quantitative estimate of drug-likeness (QED) is 0.439. The van der Waals surface area contributed by atoms with E-state index in [0.717, 1.165) is 16.7 Å². The summed E-state index contributed by atoms with van der Waals surface area (Å²) in [5.74, 6) is 0.337. The minimum absolute atomic E-state index is 0.0974. The van der Waals surface area contributed by atoms with Gasteiger partial charge < -0.3 is 4.74 Å². The molecule has 0 unspecified atom stereocenters. The van der Waals surface area contributed by atoms with Crippen LogP contribution in [0.5, 0.6) is 0 Å². The van der Waals surface area contributed by atoms with Gasteiger partial charge in [0.1, 0.15) is 0 Å². The fourth-order valence-electron chi connectivity index (χ4n) is 3.86. The minimum Gasteiger partial charge on any atom is -0.380 e. The van der Waals surface area contributed by atoms with E-state index in [-0.39, 0.29) is 24.3 Å². The van der Waals surface area contributed by atoms with Gasteiger partial charge in [-0.05, 0) is 45.0 Å². The van der Waals surface area contributed by atoms with E-state index in [2.05, 4.69) is 4.98 Å². The number of alkyl halides is 3. The fourth-order valence-corrected chi connectivity index (χ4v) is 3.86. The maximum Gasteiger partial charge on any atom is 0.416 e. The third-order valence-electron chi connectivity index (χ3n) is 5.64. The number of halogens is 3. The van der Waals surface area contributed by atoms with Crippen molar-refractivity contribution in [3.05, 3.63) is 62.1 Å². The molecule has 0 aliphatic heterocycles. The first-order chi connectivity index (χ1) is 15.1. The summed E-state index contributed by atoms with van der Waals surface area (Å²) in [6.45, 7) is 6.18. The van der Waals surface area contributed by atoms with Crippen LogP contribution in [-0.2, 0) is 24.5 Å². The number of hydrogen-bond acceptors (Lipinski definition) is 4. The smallest absolute Gasteiger partial charge is 0.380 e. The number of imidazole rings is 2. The van der Waals surface area contributed by atoms with Crippen molar-refractivity contribution in [2.24, 2.45) is 7.05 Å². The van der Waals surface area contributed by atoms with Gasteiger partial charge in [-0.3, -0.25) is 22.9 Å². The molecule has 1 aromatic carbocycles. The summed E-state index contributed by atoms with van der Waals surface area (Å²) in [4.78, 5) is 30.5. The van der Waals surface area contributed by atoms with Crippen LogP contribution < -0.4 is 11.2 Å². The average Bonchev–Trinajstić information content (AvgIpc) is 3.24. The molecule has 0 bridgehead atoms. The van der Waals surface area contributed by atoms with Crippen molar-refractivity contribution >= 4 is 16.9 Å². The molecule has 0 atom stereocenters. The van der Waals surface area contributed by atoms with Gasteiger partial charge in [0.25, 0.3) is 5.56 Å². The molecule has 3 heterocycles. The summed E-state index contributed by atoms with van der Waals surface area (Å²) < 4.78 is 49.9. The van der Waals surface area contributed by atoms with E-state index >= 15 is 0 Å². The zero-order valence-corrected chi connectivity index (χ0v) is 18.0. The Bertz CT molecular complexity index is 1440. The molecule has 0 aliphatic carbocycles. The molecule has 11 heteroatoms. The second kappa shape index (κ2) is 7.66. The van der Waals surface area contributed by atoms with Gasteiger partial charge >= 0.3 is 11.9 Å². The van der Waals surface area contributed by atoms with Crippen LogP contribution in [0.15, 0.2) is 33.9 Å². The maximum atomic E-state index is 13.2. The Morgan fingerprint density at radius 1 is 1.06 bits per heavy atom. The predicted molar refractivity (Wildman–Crippen MR) is 112 cm³/mol. The zero-order chi connectivity index (χ0) is 23.4. The number of rotatable bonds is 5. The number of aryl methyl sites for hydroxylation is 2. The molecule has 8 nitrogen and oxygen atoms in total. The second-order valence-electron chi connectivity index (χ2n) is 7.47. The van der Waals surface area contributed by atoms with Gasteiger partial charge in [-0.25, -0.2) is 4.79 Å². The third kappa shape index (κ3) is 3.24. The van der Waals surface area contributed by atoms with Crippen molar-refractivity contribution < 1.29 is 17.9 Å². The molecule has 4 rings (SSSR count). The first kappa shape index (κ1) is 21.9. The molecular weight excluding hydrogens is 427 g/mol. The first-order valence-corrected chi connectivity index (χ1v) is 10.0. The molecule has 0 N–H and O–H groups in total. The lowest BCUT2D eigenvalue weighted by Crippen LogP contribution is -2.40. The number of fused-ring (bicyclic) bond motifs is 3. The standard InChI is InChI=1S/C21H22F3N5O3/c1-5-32-11-10-27-18(30)16-17(26(4)20(27)31)25-19-28(12(2)13(3)29(16)19)15-8-6-14(7-9-15)21(22,23)24/h6-9H,5,10-11H2,1-4H3. The number of aromatic nitrogens is 5. The topological polar surface area (TPSA) is 75.5 Å². The predicted octanol–water partition coefficient (Wildman–Crippen LogP) is 2.81. The Morgan fingerprint density at radius 3 is 2.31 bits per heavy atom. The van der Waals surface area contributed by atoms with E-state index in [4.69, 9.17) is 4.74 Å². The lowest BCUT2D eigenvalue weighted by Gasteiger charge is -2.10. The van der Waals surface area contributed by atoms with Crippen LogP contribution in [0.3, 0.4) is 0 Å². The van der Waals surface area contributed by atoms with Gasteiger partial charge in [0.05, 0.1) is 18.7 Å². The van der Waals surface area contributed by atoms with Crippen molar-refractivity contribution in [3.8, 4) is 5.69 Å². The first-order valence-electron chi connectivity index (χ1n) is 10.0. The van der Waals surface area contributed by atoms with Crippen LogP contribution >= 0.6 is 0 Å². The molecule has 0 radical (unpaired) electrons. The third-order valence-corrected chi connectivity index (χ3v) is 5.64. The number of nitrogens with zero attached hydrogens (tertiary/aromatic N) is 5. The van der Waals surface area contributed by atoms with E-state index in [1.54, 1.807) is 22.8 Å².